The number of para-hydroxylation sites is 2. The van der Waals surface area contributed by atoms with Crippen molar-refractivity contribution in [2.24, 2.45) is 0 Å². The van der Waals surface area contributed by atoms with Crippen LogP contribution in [0.3, 0.4) is 0 Å². The molecular formula is C24H27N5O3. The van der Waals surface area contributed by atoms with Crippen molar-refractivity contribution in [3.63, 3.8) is 0 Å². The molecule has 3 aromatic rings. The maximum Gasteiger partial charge on any atom is 0.267 e. The lowest BCUT2D eigenvalue weighted by atomic mass is 10.2. The molecule has 1 aliphatic heterocycles. The topological polar surface area (TPSA) is 79.7 Å². The lowest BCUT2D eigenvalue weighted by Crippen LogP contribution is -2.47. The number of aromatic nitrogens is 2. The average Bonchev–Trinajstić information content (AvgIpc) is 2.82. The van der Waals surface area contributed by atoms with Crippen LogP contribution in [0.15, 0.2) is 65.5 Å². The summed E-state index contributed by atoms with van der Waals surface area (Å²) in [5.41, 5.74) is 2.57. The number of nitrogens with one attached hydrogen (secondary N) is 1. The Hall–Kier alpha value is -3.81. The number of nitrogens with zero attached hydrogens (tertiary/aromatic N) is 4. The molecule has 1 fully saturated rings. The fourth-order valence-electron chi connectivity index (χ4n) is 3.76. The van der Waals surface area contributed by atoms with Gasteiger partial charge >= 0.3 is 0 Å². The first-order valence-electron chi connectivity index (χ1n) is 10.6. The van der Waals surface area contributed by atoms with Crippen LogP contribution in [0.5, 0.6) is 5.75 Å². The van der Waals surface area contributed by atoms with Crippen LogP contribution in [-0.4, -0.2) is 49.0 Å². The number of carbonyl (C=O) groups excluding carboxylic acids is 1. The molecule has 8 nitrogen and oxygen atoms in total. The zero-order chi connectivity index (χ0) is 22.5. The predicted molar refractivity (Wildman–Crippen MR) is 126 cm³/mol. The van der Waals surface area contributed by atoms with Gasteiger partial charge in [-0.05, 0) is 37.3 Å². The van der Waals surface area contributed by atoms with E-state index in [0.717, 1.165) is 43.2 Å². The third kappa shape index (κ3) is 4.91. The van der Waals surface area contributed by atoms with Gasteiger partial charge in [0.05, 0.1) is 12.8 Å². The Morgan fingerprint density at radius 1 is 0.969 bits per heavy atom. The first kappa shape index (κ1) is 21.4. The Balaban J connectivity index is 1.41. The number of ether oxygens (including phenoxy) is 1. The number of aryl methyl sites for hydroxylation is 1. The summed E-state index contributed by atoms with van der Waals surface area (Å²) in [5, 5.41) is 7.26. The largest absolute Gasteiger partial charge is 0.495 e. The van der Waals surface area contributed by atoms with Gasteiger partial charge in [0.15, 0.2) is 0 Å². The number of amides is 1. The molecule has 0 saturated carbocycles. The van der Waals surface area contributed by atoms with Crippen LogP contribution < -0.4 is 25.4 Å². The summed E-state index contributed by atoms with van der Waals surface area (Å²) in [6.45, 7) is 4.94. The number of piperazine rings is 1. The summed E-state index contributed by atoms with van der Waals surface area (Å²) in [6.07, 6.45) is 0. The van der Waals surface area contributed by atoms with Crippen LogP contribution in [0, 0.1) is 6.92 Å². The van der Waals surface area contributed by atoms with Crippen LogP contribution in [0.1, 0.15) is 5.56 Å². The van der Waals surface area contributed by atoms with Gasteiger partial charge in [-0.15, -0.1) is 0 Å². The molecule has 1 aliphatic rings. The summed E-state index contributed by atoms with van der Waals surface area (Å²) in [6, 6.07) is 18.7. The van der Waals surface area contributed by atoms with Gasteiger partial charge in [-0.25, -0.2) is 4.68 Å². The van der Waals surface area contributed by atoms with Crippen molar-refractivity contribution in [2.45, 2.75) is 13.5 Å². The van der Waals surface area contributed by atoms with E-state index in [1.165, 1.54) is 10.7 Å². The van der Waals surface area contributed by atoms with E-state index in [0.29, 0.717) is 11.5 Å². The number of anilines is 3. The minimum absolute atomic E-state index is 0.137. The zero-order valence-corrected chi connectivity index (χ0v) is 18.3. The molecule has 0 radical (unpaired) electrons. The van der Waals surface area contributed by atoms with E-state index < -0.39 is 0 Å². The smallest absolute Gasteiger partial charge is 0.267 e. The molecular weight excluding hydrogens is 406 g/mol. The monoisotopic (exact) mass is 433 g/mol. The Kier molecular flexibility index (Phi) is 6.39. The van der Waals surface area contributed by atoms with Crippen LogP contribution in [0.25, 0.3) is 0 Å². The van der Waals surface area contributed by atoms with E-state index in [9.17, 15) is 9.59 Å². The van der Waals surface area contributed by atoms with Gasteiger partial charge in [-0.2, -0.15) is 5.10 Å². The molecule has 0 unspecified atom stereocenters. The van der Waals surface area contributed by atoms with Crippen molar-refractivity contribution in [3.05, 3.63) is 76.6 Å². The molecule has 0 spiro atoms. The molecule has 2 heterocycles. The maximum atomic E-state index is 12.4. The highest BCUT2D eigenvalue weighted by atomic mass is 16.5. The van der Waals surface area contributed by atoms with E-state index in [1.54, 1.807) is 13.2 Å². The summed E-state index contributed by atoms with van der Waals surface area (Å²) in [4.78, 5) is 29.1. The van der Waals surface area contributed by atoms with Crippen molar-refractivity contribution in [3.8, 4) is 5.75 Å². The highest BCUT2D eigenvalue weighted by Gasteiger charge is 2.21. The van der Waals surface area contributed by atoms with E-state index in [2.05, 4.69) is 26.3 Å². The minimum atomic E-state index is -0.305. The third-order valence-electron chi connectivity index (χ3n) is 5.51. The number of benzene rings is 2. The lowest BCUT2D eigenvalue weighted by molar-refractivity contribution is -0.117. The first-order valence-corrected chi connectivity index (χ1v) is 10.6. The van der Waals surface area contributed by atoms with Crippen molar-refractivity contribution in [1.82, 2.24) is 9.78 Å². The van der Waals surface area contributed by atoms with Gasteiger partial charge in [-0.3, -0.25) is 9.59 Å². The molecule has 0 bridgehead atoms. The summed E-state index contributed by atoms with van der Waals surface area (Å²) >= 11 is 0. The summed E-state index contributed by atoms with van der Waals surface area (Å²) < 4.78 is 6.69. The fraction of sp³-hybridized carbons (Fsp3) is 0.292. The second kappa shape index (κ2) is 9.55. The number of hydrogen-bond acceptors (Lipinski definition) is 6. The van der Waals surface area contributed by atoms with E-state index in [1.807, 2.05) is 49.4 Å². The highest BCUT2D eigenvalue weighted by Crippen LogP contribution is 2.28. The quantitative estimate of drug-likeness (QED) is 0.644. The molecule has 1 saturated heterocycles. The highest BCUT2D eigenvalue weighted by molar-refractivity contribution is 5.90. The Morgan fingerprint density at radius 3 is 2.38 bits per heavy atom. The maximum absolute atomic E-state index is 12.4. The van der Waals surface area contributed by atoms with Crippen molar-refractivity contribution < 1.29 is 9.53 Å². The lowest BCUT2D eigenvalue weighted by Gasteiger charge is -2.37. The van der Waals surface area contributed by atoms with Crippen LogP contribution in [-0.2, 0) is 11.3 Å². The molecule has 0 aliphatic carbocycles. The number of methoxy groups -OCH3 is 1. The van der Waals surface area contributed by atoms with Gasteiger partial charge < -0.3 is 19.9 Å². The van der Waals surface area contributed by atoms with Crippen LogP contribution in [0.2, 0.25) is 0 Å². The number of hydrogen-bond donors (Lipinski definition) is 1. The van der Waals surface area contributed by atoms with E-state index >= 15 is 0 Å². The standard InChI is InChI=1S/C24H27N5O3/c1-18-7-9-19(10-8-18)25-23(30)17-29-24(31)12-11-22(26-29)28-15-13-27(14-16-28)20-5-3-4-6-21(20)32-2/h3-12H,13-17H2,1-2H3,(H,25,30). The number of rotatable bonds is 6. The average molecular weight is 434 g/mol. The van der Waals surface area contributed by atoms with Gasteiger partial charge in [0.2, 0.25) is 5.91 Å². The van der Waals surface area contributed by atoms with Gasteiger partial charge in [0.1, 0.15) is 18.1 Å². The van der Waals surface area contributed by atoms with E-state index in [4.69, 9.17) is 4.74 Å². The second-order valence-corrected chi connectivity index (χ2v) is 7.75. The summed E-state index contributed by atoms with van der Waals surface area (Å²) in [7, 11) is 1.68. The zero-order valence-electron chi connectivity index (χ0n) is 18.3. The Labute approximate surface area is 187 Å². The van der Waals surface area contributed by atoms with Gasteiger partial charge in [0.25, 0.3) is 5.56 Å². The molecule has 1 aromatic heterocycles. The molecule has 4 rings (SSSR count). The predicted octanol–water partition coefficient (Wildman–Crippen LogP) is 2.53. The van der Waals surface area contributed by atoms with Crippen LogP contribution >= 0.6 is 0 Å². The minimum Gasteiger partial charge on any atom is -0.495 e. The van der Waals surface area contributed by atoms with E-state index in [-0.39, 0.29) is 18.0 Å². The van der Waals surface area contributed by atoms with Gasteiger partial charge in [-0.1, -0.05) is 29.8 Å². The molecule has 0 atom stereocenters. The second-order valence-electron chi connectivity index (χ2n) is 7.75. The number of carbonyl (C=O) groups is 1. The van der Waals surface area contributed by atoms with Crippen molar-refractivity contribution in [2.75, 3.05) is 48.4 Å². The SMILES string of the molecule is COc1ccccc1N1CCN(c2ccc(=O)n(CC(=O)Nc3ccc(C)cc3)n2)CC1. The Morgan fingerprint density at radius 2 is 1.66 bits per heavy atom. The third-order valence-corrected chi connectivity index (χ3v) is 5.51. The summed E-state index contributed by atoms with van der Waals surface area (Å²) in [5.74, 6) is 1.25. The molecule has 1 amide bonds. The van der Waals surface area contributed by atoms with Crippen molar-refractivity contribution in [1.29, 1.82) is 0 Å². The molecule has 2 aromatic carbocycles. The normalized spacial score (nSPS) is 13.7. The molecule has 1 N–H and O–H groups in total. The first-order chi connectivity index (χ1) is 15.5. The molecule has 166 valence electrons. The van der Waals surface area contributed by atoms with Crippen LogP contribution in [0.4, 0.5) is 17.2 Å². The molecule has 32 heavy (non-hydrogen) atoms. The van der Waals surface area contributed by atoms with Gasteiger partial charge in [0, 0.05) is 37.9 Å². The fourth-order valence-corrected chi connectivity index (χ4v) is 3.76. The Bertz CT molecular complexity index is 1130. The van der Waals surface area contributed by atoms with Crippen molar-refractivity contribution >= 4 is 23.1 Å². The molecule has 8 heteroatoms.